The zero-order chi connectivity index (χ0) is 19.6. The molecule has 1 atom stereocenters. The first-order valence-electron chi connectivity index (χ1n) is 8.79. The van der Waals surface area contributed by atoms with Crippen LogP contribution in [0.2, 0.25) is 0 Å². The number of guanidine groups is 1. The smallest absolute Gasteiger partial charge is 0.383 e. The van der Waals surface area contributed by atoms with E-state index in [-0.39, 0.29) is 42.3 Å². The number of hydrogen-bond donors (Lipinski definition) is 2. The molecule has 0 bridgehead atoms. The fraction of sp³-hybridized carbons (Fsp3) is 0.875. The lowest BCUT2D eigenvalue weighted by molar-refractivity contribution is -0.146. The fourth-order valence-electron chi connectivity index (χ4n) is 2.94. The third kappa shape index (κ3) is 10.9. The van der Waals surface area contributed by atoms with E-state index in [1.807, 2.05) is 4.90 Å². The second-order valence-corrected chi connectivity index (χ2v) is 6.29. The van der Waals surface area contributed by atoms with Gasteiger partial charge in [0, 0.05) is 40.3 Å². The fourth-order valence-corrected chi connectivity index (χ4v) is 2.94. The summed E-state index contributed by atoms with van der Waals surface area (Å²) in [4.78, 5) is 19.3. The first-order valence-corrected chi connectivity index (χ1v) is 8.79. The van der Waals surface area contributed by atoms with Crippen LogP contribution in [0.15, 0.2) is 4.99 Å². The minimum Gasteiger partial charge on any atom is -0.383 e. The number of aliphatic imine (C=N–C) groups is 1. The van der Waals surface area contributed by atoms with E-state index in [4.69, 9.17) is 4.74 Å². The van der Waals surface area contributed by atoms with Gasteiger partial charge in [0.15, 0.2) is 5.96 Å². The maximum atomic E-state index is 12.6. The van der Waals surface area contributed by atoms with E-state index in [1.54, 1.807) is 21.1 Å². The van der Waals surface area contributed by atoms with Crippen LogP contribution >= 0.6 is 24.0 Å². The second-order valence-electron chi connectivity index (χ2n) is 6.29. The van der Waals surface area contributed by atoms with E-state index in [0.717, 1.165) is 6.42 Å². The van der Waals surface area contributed by atoms with Crippen LogP contribution in [0.25, 0.3) is 0 Å². The van der Waals surface area contributed by atoms with Gasteiger partial charge >= 0.3 is 6.18 Å². The van der Waals surface area contributed by atoms with E-state index in [2.05, 4.69) is 15.6 Å². The summed E-state index contributed by atoms with van der Waals surface area (Å²) in [5.41, 5.74) is 0. The predicted octanol–water partition coefficient (Wildman–Crippen LogP) is 1.15. The van der Waals surface area contributed by atoms with Crippen LogP contribution in [0.3, 0.4) is 0 Å². The molecule has 0 aromatic carbocycles. The second kappa shape index (κ2) is 13.4. The maximum Gasteiger partial charge on any atom is 0.401 e. The van der Waals surface area contributed by atoms with Crippen molar-refractivity contribution in [3.8, 4) is 0 Å². The van der Waals surface area contributed by atoms with Gasteiger partial charge in [0.05, 0.1) is 19.7 Å². The van der Waals surface area contributed by atoms with Gasteiger partial charge in [-0.15, -0.1) is 24.0 Å². The van der Waals surface area contributed by atoms with Crippen molar-refractivity contribution in [3.63, 3.8) is 0 Å². The Kier molecular flexibility index (Phi) is 13.0. The number of rotatable bonds is 9. The first kappa shape index (κ1) is 26.2. The van der Waals surface area contributed by atoms with Crippen LogP contribution in [-0.2, 0) is 9.53 Å². The zero-order valence-corrected chi connectivity index (χ0v) is 18.5. The van der Waals surface area contributed by atoms with Crippen LogP contribution in [-0.4, -0.2) is 94.4 Å². The Morgan fingerprint density at radius 3 is 2.63 bits per heavy atom. The zero-order valence-electron chi connectivity index (χ0n) is 16.1. The summed E-state index contributed by atoms with van der Waals surface area (Å²) in [6, 6.07) is 0. The van der Waals surface area contributed by atoms with Crippen molar-refractivity contribution < 1.29 is 22.7 Å². The molecule has 0 aliphatic carbocycles. The third-order valence-electron chi connectivity index (χ3n) is 4.20. The van der Waals surface area contributed by atoms with Crippen LogP contribution < -0.4 is 10.6 Å². The van der Waals surface area contributed by atoms with Gasteiger partial charge in [-0.1, -0.05) is 6.92 Å². The molecule has 1 saturated heterocycles. The molecule has 1 fully saturated rings. The number of carbonyl (C=O) groups is 1. The van der Waals surface area contributed by atoms with Crippen LogP contribution in [0.5, 0.6) is 0 Å². The van der Waals surface area contributed by atoms with Crippen LogP contribution in [0.4, 0.5) is 13.2 Å². The molecule has 0 aromatic rings. The molecule has 0 aromatic heterocycles. The highest BCUT2D eigenvalue weighted by molar-refractivity contribution is 14.0. The summed E-state index contributed by atoms with van der Waals surface area (Å²) in [6.45, 7) is 3.93. The molecule has 0 spiro atoms. The number of ether oxygens (including phenoxy) is 1. The molecule has 1 aliphatic heterocycles. The van der Waals surface area contributed by atoms with Crippen molar-refractivity contribution in [2.45, 2.75) is 19.5 Å². The molecule has 1 aliphatic rings. The van der Waals surface area contributed by atoms with Crippen molar-refractivity contribution in [3.05, 3.63) is 0 Å². The SMILES string of the molecule is CCN(CC1CCN(C(=NC)NCC(=O)NCCOC)C1)CC(F)(F)F.I. The lowest BCUT2D eigenvalue weighted by atomic mass is 10.1. The van der Waals surface area contributed by atoms with Crippen LogP contribution in [0.1, 0.15) is 13.3 Å². The van der Waals surface area contributed by atoms with E-state index in [0.29, 0.717) is 45.3 Å². The number of nitrogens with one attached hydrogen (secondary N) is 2. The van der Waals surface area contributed by atoms with E-state index >= 15 is 0 Å². The molecule has 0 radical (unpaired) electrons. The summed E-state index contributed by atoms with van der Waals surface area (Å²) in [5.74, 6) is 0.570. The summed E-state index contributed by atoms with van der Waals surface area (Å²) < 4.78 is 42.6. The molecule has 1 heterocycles. The van der Waals surface area contributed by atoms with Crippen molar-refractivity contribution in [1.29, 1.82) is 0 Å². The van der Waals surface area contributed by atoms with Crippen molar-refractivity contribution in [1.82, 2.24) is 20.4 Å². The number of hydrogen-bond acceptors (Lipinski definition) is 4. The Bertz CT molecular complexity index is 466. The Hall–Kier alpha value is -0.820. The number of nitrogens with zero attached hydrogens (tertiary/aromatic N) is 3. The quantitative estimate of drug-likeness (QED) is 0.211. The molecule has 11 heteroatoms. The van der Waals surface area contributed by atoms with Crippen molar-refractivity contribution in [2.75, 3.05) is 66.6 Å². The van der Waals surface area contributed by atoms with Gasteiger partial charge in [0.1, 0.15) is 0 Å². The monoisotopic (exact) mass is 509 g/mol. The molecule has 160 valence electrons. The van der Waals surface area contributed by atoms with E-state index in [1.165, 1.54) is 4.90 Å². The largest absolute Gasteiger partial charge is 0.401 e. The molecular formula is C16H31F3IN5O2. The predicted molar refractivity (Wildman–Crippen MR) is 110 cm³/mol. The van der Waals surface area contributed by atoms with Gasteiger partial charge in [-0.25, -0.2) is 0 Å². The Morgan fingerprint density at radius 2 is 2.07 bits per heavy atom. The lowest BCUT2D eigenvalue weighted by Crippen LogP contribution is -2.45. The highest BCUT2D eigenvalue weighted by atomic mass is 127. The summed E-state index contributed by atoms with van der Waals surface area (Å²) in [7, 11) is 3.19. The molecule has 1 unspecified atom stereocenters. The van der Waals surface area contributed by atoms with Crippen molar-refractivity contribution in [2.24, 2.45) is 10.9 Å². The van der Waals surface area contributed by atoms with Gasteiger partial charge < -0.3 is 20.3 Å². The lowest BCUT2D eigenvalue weighted by Gasteiger charge is -2.26. The molecule has 0 saturated carbocycles. The topological polar surface area (TPSA) is 69.2 Å². The summed E-state index contributed by atoms with van der Waals surface area (Å²) in [6.07, 6.45) is -3.38. The summed E-state index contributed by atoms with van der Waals surface area (Å²) >= 11 is 0. The normalized spacial score (nSPS) is 17.8. The maximum absolute atomic E-state index is 12.6. The van der Waals surface area contributed by atoms with Crippen LogP contribution in [0, 0.1) is 5.92 Å². The number of amides is 1. The summed E-state index contributed by atoms with van der Waals surface area (Å²) in [5, 5.41) is 5.70. The highest BCUT2D eigenvalue weighted by Crippen LogP contribution is 2.21. The Morgan fingerprint density at radius 1 is 1.37 bits per heavy atom. The molecule has 27 heavy (non-hydrogen) atoms. The minimum absolute atomic E-state index is 0. The molecule has 2 N–H and O–H groups in total. The van der Waals surface area contributed by atoms with Gasteiger partial charge in [-0.05, 0) is 18.9 Å². The number of methoxy groups -OCH3 is 1. The average Bonchev–Trinajstić information content (AvgIpc) is 3.02. The highest BCUT2D eigenvalue weighted by Gasteiger charge is 2.33. The molecule has 7 nitrogen and oxygen atoms in total. The number of carbonyl (C=O) groups excluding carboxylic acids is 1. The average molecular weight is 509 g/mol. The molecule has 1 rings (SSSR count). The van der Waals surface area contributed by atoms with E-state index in [9.17, 15) is 18.0 Å². The van der Waals surface area contributed by atoms with Gasteiger partial charge in [-0.2, -0.15) is 13.2 Å². The number of likely N-dealkylation sites (tertiary alicyclic amines) is 1. The third-order valence-corrected chi connectivity index (χ3v) is 4.20. The van der Waals surface area contributed by atoms with E-state index < -0.39 is 12.7 Å². The molecular weight excluding hydrogens is 478 g/mol. The Balaban J connectivity index is 0.00000676. The first-order chi connectivity index (χ1) is 12.3. The number of alkyl halides is 3. The van der Waals surface area contributed by atoms with Gasteiger partial charge in [-0.3, -0.25) is 14.7 Å². The minimum atomic E-state index is -4.18. The van der Waals surface area contributed by atoms with Gasteiger partial charge in [0.25, 0.3) is 0 Å². The Labute approximate surface area is 176 Å². The molecule has 1 amide bonds. The standard InChI is InChI=1S/C16H30F3N5O2.HI/c1-4-23(12-16(17,18)19)10-13-5-7-24(11-13)15(20-2)22-9-14(25)21-6-8-26-3;/h13H,4-12H2,1-3H3,(H,20,22)(H,21,25);1H. The van der Waals surface area contributed by atoms with Gasteiger partial charge in [0.2, 0.25) is 5.91 Å². The van der Waals surface area contributed by atoms with Crippen molar-refractivity contribution >= 4 is 35.8 Å². The number of halogens is 4.